The zero-order valence-corrected chi connectivity index (χ0v) is 9.44. The van der Waals surface area contributed by atoms with Gasteiger partial charge in [0.15, 0.2) is 0 Å². The van der Waals surface area contributed by atoms with Gasteiger partial charge >= 0.3 is 0 Å². The van der Waals surface area contributed by atoms with Crippen molar-refractivity contribution in [2.24, 2.45) is 7.05 Å². The Morgan fingerprint density at radius 1 is 1.25 bits per heavy atom. The highest BCUT2D eigenvalue weighted by molar-refractivity contribution is 5.85. The molecule has 16 heavy (non-hydrogen) atoms. The molecule has 4 nitrogen and oxygen atoms in total. The van der Waals surface area contributed by atoms with Crippen LogP contribution in [0.5, 0.6) is 5.75 Å². The molecule has 0 spiro atoms. The number of rotatable bonds is 1. The fourth-order valence-electron chi connectivity index (χ4n) is 1.31. The van der Waals surface area contributed by atoms with Gasteiger partial charge in [-0.2, -0.15) is 0 Å². The fraction of sp³-hybridized carbons (Fsp3) is 0.0909. The molecule has 0 saturated carbocycles. The van der Waals surface area contributed by atoms with Gasteiger partial charge in [0.05, 0.1) is 6.20 Å². The summed E-state index contributed by atoms with van der Waals surface area (Å²) in [7, 11) is 1.69. The molecule has 2 heterocycles. The number of hydrogen-bond acceptors (Lipinski definition) is 3. The van der Waals surface area contributed by atoms with Crippen LogP contribution >= 0.6 is 12.4 Å². The molecule has 84 valence electrons. The Kier molecular flexibility index (Phi) is 3.68. The van der Waals surface area contributed by atoms with Gasteiger partial charge in [-0.05, 0) is 17.7 Å². The van der Waals surface area contributed by atoms with Crippen molar-refractivity contribution in [3.63, 3.8) is 0 Å². The van der Waals surface area contributed by atoms with E-state index < -0.39 is 0 Å². The van der Waals surface area contributed by atoms with E-state index in [1.54, 1.807) is 31.6 Å². The summed E-state index contributed by atoms with van der Waals surface area (Å²) in [5, 5.41) is 9.25. The first-order chi connectivity index (χ1) is 7.16. The van der Waals surface area contributed by atoms with Crippen molar-refractivity contribution in [3.8, 4) is 16.9 Å². The molecule has 2 aromatic heterocycles. The fourth-order valence-corrected chi connectivity index (χ4v) is 1.31. The third kappa shape index (κ3) is 2.41. The summed E-state index contributed by atoms with van der Waals surface area (Å²) in [5.41, 5.74) is 1.39. The summed E-state index contributed by atoms with van der Waals surface area (Å²) >= 11 is 0. The number of halogens is 1. The molecule has 0 aromatic carbocycles. The molecule has 0 bridgehead atoms. The van der Waals surface area contributed by atoms with Crippen LogP contribution in [0.2, 0.25) is 0 Å². The maximum atomic E-state index is 11.4. The Morgan fingerprint density at radius 3 is 2.62 bits per heavy atom. The Balaban J connectivity index is 0.00000128. The molecule has 0 saturated heterocycles. The van der Waals surface area contributed by atoms with E-state index in [9.17, 15) is 9.90 Å². The molecule has 5 heteroatoms. The predicted molar refractivity (Wildman–Crippen MR) is 63.8 cm³/mol. The Labute approximate surface area is 98.6 Å². The molecule has 0 atom stereocenters. The van der Waals surface area contributed by atoms with Crippen LogP contribution in [-0.2, 0) is 7.05 Å². The van der Waals surface area contributed by atoms with Crippen molar-refractivity contribution in [1.82, 2.24) is 9.55 Å². The molecule has 2 rings (SSSR count). The number of aryl methyl sites for hydroxylation is 1. The zero-order valence-electron chi connectivity index (χ0n) is 8.62. The lowest BCUT2D eigenvalue weighted by atomic mass is 10.1. The minimum absolute atomic E-state index is 0. The van der Waals surface area contributed by atoms with Crippen LogP contribution in [0, 0.1) is 0 Å². The highest BCUT2D eigenvalue weighted by atomic mass is 35.5. The minimum Gasteiger partial charge on any atom is -0.506 e. The largest absolute Gasteiger partial charge is 0.506 e. The SMILES string of the molecule is Cl.Cn1ccc(-c2cncc(O)c2)cc1=O. The molecule has 0 unspecified atom stereocenters. The van der Waals surface area contributed by atoms with E-state index in [-0.39, 0.29) is 23.7 Å². The second-order valence-corrected chi connectivity index (χ2v) is 3.30. The molecule has 0 aliphatic carbocycles. The van der Waals surface area contributed by atoms with E-state index in [1.807, 2.05) is 0 Å². The van der Waals surface area contributed by atoms with Gasteiger partial charge in [-0.15, -0.1) is 12.4 Å². The molecule has 0 amide bonds. The average molecular weight is 239 g/mol. The van der Waals surface area contributed by atoms with E-state index in [0.29, 0.717) is 0 Å². The first-order valence-corrected chi connectivity index (χ1v) is 4.48. The van der Waals surface area contributed by atoms with Crippen molar-refractivity contribution in [3.05, 3.63) is 47.1 Å². The maximum absolute atomic E-state index is 11.4. The van der Waals surface area contributed by atoms with Crippen LogP contribution in [-0.4, -0.2) is 14.7 Å². The van der Waals surface area contributed by atoms with Crippen molar-refractivity contribution in [2.45, 2.75) is 0 Å². The topological polar surface area (TPSA) is 55.1 Å². The van der Waals surface area contributed by atoms with E-state index in [2.05, 4.69) is 4.98 Å². The van der Waals surface area contributed by atoms with Gasteiger partial charge in [0.1, 0.15) is 5.75 Å². The predicted octanol–water partition coefficient (Wildman–Crippen LogP) is 1.57. The number of pyridine rings is 2. The molecular formula is C11H11ClN2O2. The number of aromatic hydroxyl groups is 1. The van der Waals surface area contributed by atoms with Crippen LogP contribution < -0.4 is 5.56 Å². The summed E-state index contributed by atoms with van der Waals surface area (Å²) < 4.78 is 1.49. The van der Waals surface area contributed by atoms with E-state index in [0.717, 1.165) is 11.1 Å². The second kappa shape index (κ2) is 4.81. The maximum Gasteiger partial charge on any atom is 0.250 e. The number of hydrogen-bond donors (Lipinski definition) is 1. The van der Waals surface area contributed by atoms with Gasteiger partial charge in [0.25, 0.3) is 5.56 Å². The van der Waals surface area contributed by atoms with Crippen LogP contribution in [0.3, 0.4) is 0 Å². The molecule has 0 aliphatic heterocycles. The third-order valence-electron chi connectivity index (χ3n) is 2.16. The molecule has 2 aromatic rings. The van der Waals surface area contributed by atoms with Gasteiger partial charge in [-0.25, -0.2) is 0 Å². The van der Waals surface area contributed by atoms with Gasteiger partial charge in [0, 0.05) is 31.1 Å². The van der Waals surface area contributed by atoms with Gasteiger partial charge in [-0.3, -0.25) is 9.78 Å². The summed E-state index contributed by atoms with van der Waals surface area (Å²) in [5.74, 6) is 0.0909. The smallest absolute Gasteiger partial charge is 0.250 e. The van der Waals surface area contributed by atoms with Crippen LogP contribution in [0.1, 0.15) is 0 Å². The average Bonchev–Trinajstić information content (AvgIpc) is 2.22. The van der Waals surface area contributed by atoms with E-state index in [4.69, 9.17) is 0 Å². The Bertz CT molecular complexity index is 552. The highest BCUT2D eigenvalue weighted by Crippen LogP contribution is 2.19. The van der Waals surface area contributed by atoms with Crippen molar-refractivity contribution >= 4 is 12.4 Å². The van der Waals surface area contributed by atoms with Crippen molar-refractivity contribution < 1.29 is 5.11 Å². The second-order valence-electron chi connectivity index (χ2n) is 3.30. The molecular weight excluding hydrogens is 228 g/mol. The van der Waals surface area contributed by atoms with Gasteiger partial charge < -0.3 is 9.67 Å². The lowest BCUT2D eigenvalue weighted by molar-refractivity contribution is 0.473. The standard InChI is InChI=1S/C11H10N2O2.ClH/c1-13-3-2-8(5-11(13)15)9-4-10(14)7-12-6-9;/h2-7,14H,1H3;1H. The minimum atomic E-state index is -0.0872. The highest BCUT2D eigenvalue weighted by Gasteiger charge is 2.00. The van der Waals surface area contributed by atoms with Crippen molar-refractivity contribution in [1.29, 1.82) is 0 Å². The van der Waals surface area contributed by atoms with Crippen LogP contribution in [0.15, 0.2) is 41.6 Å². The van der Waals surface area contributed by atoms with E-state index >= 15 is 0 Å². The van der Waals surface area contributed by atoms with Crippen LogP contribution in [0.25, 0.3) is 11.1 Å². The summed E-state index contributed by atoms with van der Waals surface area (Å²) in [6.07, 6.45) is 4.64. The monoisotopic (exact) mass is 238 g/mol. The lowest BCUT2D eigenvalue weighted by Gasteiger charge is -2.02. The zero-order chi connectivity index (χ0) is 10.8. The molecule has 0 aliphatic rings. The summed E-state index contributed by atoms with van der Waals surface area (Å²) in [6.45, 7) is 0. The Hall–Kier alpha value is -1.81. The van der Waals surface area contributed by atoms with Gasteiger partial charge in [-0.1, -0.05) is 0 Å². The summed E-state index contributed by atoms with van der Waals surface area (Å²) in [4.78, 5) is 15.2. The first-order valence-electron chi connectivity index (χ1n) is 4.48. The molecule has 0 radical (unpaired) electrons. The molecule has 1 N–H and O–H groups in total. The number of aromatic nitrogens is 2. The van der Waals surface area contributed by atoms with E-state index in [1.165, 1.54) is 16.8 Å². The third-order valence-corrected chi connectivity index (χ3v) is 2.16. The van der Waals surface area contributed by atoms with Crippen molar-refractivity contribution in [2.75, 3.05) is 0 Å². The quantitative estimate of drug-likeness (QED) is 0.821. The summed E-state index contributed by atoms with van der Waals surface area (Å²) in [6, 6.07) is 4.88. The molecule has 0 fully saturated rings. The Morgan fingerprint density at radius 2 is 2.00 bits per heavy atom. The normalized spacial score (nSPS) is 9.56. The lowest BCUT2D eigenvalue weighted by Crippen LogP contribution is -2.14. The van der Waals surface area contributed by atoms with Gasteiger partial charge in [0.2, 0.25) is 0 Å². The van der Waals surface area contributed by atoms with Crippen LogP contribution in [0.4, 0.5) is 0 Å². The number of nitrogens with zero attached hydrogens (tertiary/aromatic N) is 2. The first kappa shape index (κ1) is 12.3.